The van der Waals surface area contributed by atoms with Crippen molar-refractivity contribution in [1.82, 2.24) is 0 Å². The van der Waals surface area contributed by atoms with Gasteiger partial charge >= 0.3 is 0 Å². The monoisotopic (exact) mass is 240 g/mol. The molecule has 18 heavy (non-hydrogen) atoms. The van der Waals surface area contributed by atoms with Crippen LogP contribution in [-0.4, -0.2) is 17.7 Å². The van der Waals surface area contributed by atoms with E-state index in [9.17, 15) is 9.59 Å². The van der Waals surface area contributed by atoms with E-state index >= 15 is 0 Å². The number of carbonyl (C=O) groups is 2. The van der Waals surface area contributed by atoms with Gasteiger partial charge in [0.2, 0.25) is 5.78 Å². The molecule has 0 saturated carbocycles. The summed E-state index contributed by atoms with van der Waals surface area (Å²) in [6.45, 7) is 3.76. The number of fused-ring (bicyclic) bond motifs is 1. The molecule has 1 heterocycles. The molecule has 1 aliphatic carbocycles. The molecule has 0 spiro atoms. The number of hydrogen-bond acceptors (Lipinski definition) is 3. The fourth-order valence-electron chi connectivity index (χ4n) is 2.23. The lowest BCUT2D eigenvalue weighted by atomic mass is 9.86. The Labute approximate surface area is 105 Å². The first-order valence-corrected chi connectivity index (χ1v) is 5.87. The van der Waals surface area contributed by atoms with Crippen LogP contribution in [0.1, 0.15) is 34.6 Å². The molecule has 0 aromatic heterocycles. The summed E-state index contributed by atoms with van der Waals surface area (Å²) >= 11 is 0. The third-order valence-corrected chi connectivity index (χ3v) is 3.42. The van der Waals surface area contributed by atoms with E-state index in [1.807, 2.05) is 13.8 Å². The van der Waals surface area contributed by atoms with E-state index in [4.69, 9.17) is 4.74 Å². The van der Waals surface area contributed by atoms with Gasteiger partial charge in [-0.2, -0.15) is 0 Å². The first-order valence-electron chi connectivity index (χ1n) is 5.87. The third kappa shape index (κ3) is 1.37. The van der Waals surface area contributed by atoms with Crippen molar-refractivity contribution in [1.29, 1.82) is 0 Å². The van der Waals surface area contributed by atoms with Gasteiger partial charge in [0.05, 0.1) is 5.57 Å². The molecule has 1 aromatic rings. The first kappa shape index (κ1) is 11.0. The highest BCUT2D eigenvalue weighted by Crippen LogP contribution is 2.32. The molecule has 1 aliphatic heterocycles. The third-order valence-electron chi connectivity index (χ3n) is 3.42. The summed E-state index contributed by atoms with van der Waals surface area (Å²) in [7, 11) is 0. The van der Waals surface area contributed by atoms with Gasteiger partial charge < -0.3 is 4.74 Å². The Bertz CT molecular complexity index is 635. The van der Waals surface area contributed by atoms with Gasteiger partial charge in [0, 0.05) is 11.1 Å². The molecule has 1 atom stereocenters. The summed E-state index contributed by atoms with van der Waals surface area (Å²) in [5.74, 6) is -0.140. The molecule has 90 valence electrons. The lowest BCUT2D eigenvalue weighted by Crippen LogP contribution is -2.28. The fourth-order valence-corrected chi connectivity index (χ4v) is 2.23. The van der Waals surface area contributed by atoms with E-state index in [0.29, 0.717) is 16.7 Å². The van der Waals surface area contributed by atoms with Crippen molar-refractivity contribution in [3.63, 3.8) is 0 Å². The maximum Gasteiger partial charge on any atom is 0.229 e. The molecular formula is C15H12O3. The van der Waals surface area contributed by atoms with Crippen LogP contribution < -0.4 is 0 Å². The fraction of sp³-hybridized carbons (Fsp3) is 0.200. The molecule has 0 saturated heterocycles. The number of hydrogen-bond donors (Lipinski definition) is 0. The zero-order valence-corrected chi connectivity index (χ0v) is 10.2. The molecule has 0 N–H and O–H groups in total. The van der Waals surface area contributed by atoms with Crippen molar-refractivity contribution in [2.24, 2.45) is 0 Å². The number of carbonyl (C=O) groups excluding carboxylic acids is 2. The highest BCUT2D eigenvalue weighted by molar-refractivity contribution is 6.27. The van der Waals surface area contributed by atoms with Gasteiger partial charge in [0.1, 0.15) is 6.10 Å². The van der Waals surface area contributed by atoms with Gasteiger partial charge in [-0.05, 0) is 25.5 Å². The van der Waals surface area contributed by atoms with Crippen LogP contribution >= 0.6 is 0 Å². The molecule has 0 amide bonds. The summed E-state index contributed by atoms with van der Waals surface area (Å²) in [6, 6.07) is 6.86. The SMILES string of the molecule is CC1=CC2=C(OC1C)C(=O)c1ccccc1C2=O. The number of ether oxygens (including phenoxy) is 1. The van der Waals surface area contributed by atoms with Crippen LogP contribution in [0.3, 0.4) is 0 Å². The lowest BCUT2D eigenvalue weighted by Gasteiger charge is -2.27. The molecule has 1 unspecified atom stereocenters. The summed E-state index contributed by atoms with van der Waals surface area (Å²) in [4.78, 5) is 24.6. The second kappa shape index (κ2) is 3.67. The number of Topliss-reactive ketones (excluding diaryl/α,β-unsaturated/α-hetero) is 2. The lowest BCUT2D eigenvalue weighted by molar-refractivity contribution is 0.0808. The van der Waals surface area contributed by atoms with Crippen LogP contribution in [0.4, 0.5) is 0 Å². The number of rotatable bonds is 0. The Morgan fingerprint density at radius 3 is 2.33 bits per heavy atom. The summed E-state index contributed by atoms with van der Waals surface area (Å²) in [5.41, 5.74) is 2.23. The van der Waals surface area contributed by atoms with Crippen molar-refractivity contribution in [3.05, 3.63) is 58.4 Å². The standard InChI is InChI=1S/C15H12O3/c1-8-7-12-13(16)10-5-3-4-6-11(10)14(17)15(12)18-9(8)2/h3-7,9H,1-2H3. The minimum Gasteiger partial charge on any atom is -0.481 e. The zero-order valence-electron chi connectivity index (χ0n) is 10.2. The normalized spacial score (nSPS) is 22.1. The van der Waals surface area contributed by atoms with Gasteiger partial charge in [-0.25, -0.2) is 0 Å². The van der Waals surface area contributed by atoms with Crippen molar-refractivity contribution in [2.75, 3.05) is 0 Å². The van der Waals surface area contributed by atoms with Crippen LogP contribution in [-0.2, 0) is 4.74 Å². The van der Waals surface area contributed by atoms with Crippen LogP contribution in [0.15, 0.2) is 47.2 Å². The van der Waals surface area contributed by atoms with Crippen LogP contribution in [0.2, 0.25) is 0 Å². The number of benzene rings is 1. The highest BCUT2D eigenvalue weighted by atomic mass is 16.5. The number of allylic oxidation sites excluding steroid dienone is 3. The predicted molar refractivity (Wildman–Crippen MR) is 66.4 cm³/mol. The quantitative estimate of drug-likeness (QED) is 0.700. The Hall–Kier alpha value is -2.16. The van der Waals surface area contributed by atoms with Gasteiger partial charge in [-0.3, -0.25) is 9.59 Å². The Morgan fingerprint density at radius 2 is 1.67 bits per heavy atom. The van der Waals surface area contributed by atoms with Gasteiger partial charge in [0.25, 0.3) is 0 Å². The zero-order chi connectivity index (χ0) is 12.9. The van der Waals surface area contributed by atoms with E-state index in [2.05, 4.69) is 0 Å². The molecular weight excluding hydrogens is 228 g/mol. The average molecular weight is 240 g/mol. The molecule has 0 radical (unpaired) electrons. The summed E-state index contributed by atoms with van der Waals surface area (Å²) < 4.78 is 5.58. The second-order valence-corrected chi connectivity index (χ2v) is 4.60. The minimum absolute atomic E-state index is 0.133. The van der Waals surface area contributed by atoms with E-state index in [-0.39, 0.29) is 23.4 Å². The van der Waals surface area contributed by atoms with E-state index in [1.54, 1.807) is 30.3 Å². The Morgan fingerprint density at radius 1 is 1.06 bits per heavy atom. The molecule has 3 rings (SSSR count). The predicted octanol–water partition coefficient (Wildman–Crippen LogP) is 2.68. The molecule has 3 heteroatoms. The molecule has 0 fully saturated rings. The first-order chi connectivity index (χ1) is 8.59. The Kier molecular flexibility index (Phi) is 2.23. The largest absolute Gasteiger partial charge is 0.481 e. The van der Waals surface area contributed by atoms with Gasteiger partial charge in [-0.1, -0.05) is 24.3 Å². The average Bonchev–Trinajstić information content (AvgIpc) is 2.38. The maximum absolute atomic E-state index is 12.3. The second-order valence-electron chi connectivity index (χ2n) is 4.60. The van der Waals surface area contributed by atoms with Gasteiger partial charge in [-0.15, -0.1) is 0 Å². The molecule has 2 aliphatic rings. The van der Waals surface area contributed by atoms with E-state index in [0.717, 1.165) is 5.57 Å². The Balaban J connectivity index is 2.22. The van der Waals surface area contributed by atoms with E-state index < -0.39 is 0 Å². The number of ketones is 2. The maximum atomic E-state index is 12.3. The van der Waals surface area contributed by atoms with E-state index in [1.165, 1.54) is 0 Å². The topological polar surface area (TPSA) is 43.4 Å². The van der Waals surface area contributed by atoms with Crippen molar-refractivity contribution >= 4 is 11.6 Å². The van der Waals surface area contributed by atoms with Crippen molar-refractivity contribution < 1.29 is 14.3 Å². The highest BCUT2D eigenvalue weighted by Gasteiger charge is 2.35. The van der Waals surface area contributed by atoms with Gasteiger partial charge in [0.15, 0.2) is 11.5 Å². The van der Waals surface area contributed by atoms with Crippen molar-refractivity contribution in [3.8, 4) is 0 Å². The smallest absolute Gasteiger partial charge is 0.229 e. The van der Waals surface area contributed by atoms with Crippen molar-refractivity contribution in [2.45, 2.75) is 20.0 Å². The molecule has 0 bridgehead atoms. The summed E-state index contributed by atoms with van der Waals surface area (Å²) in [6.07, 6.45) is 1.60. The molecule has 3 nitrogen and oxygen atoms in total. The van der Waals surface area contributed by atoms with Crippen LogP contribution in [0, 0.1) is 0 Å². The summed E-state index contributed by atoms with van der Waals surface area (Å²) in [5, 5.41) is 0. The van der Waals surface area contributed by atoms with Crippen LogP contribution in [0.5, 0.6) is 0 Å². The molecule has 1 aromatic carbocycles. The van der Waals surface area contributed by atoms with Crippen LogP contribution in [0.25, 0.3) is 0 Å². The minimum atomic E-state index is -0.198.